The van der Waals surface area contributed by atoms with E-state index in [0.717, 1.165) is 30.4 Å². The molecule has 2 unspecified atom stereocenters. The number of carboxylic acids is 1. The average Bonchev–Trinajstić information content (AvgIpc) is 2.41. The third-order valence-corrected chi connectivity index (χ3v) is 3.91. The lowest BCUT2D eigenvalue weighted by Crippen LogP contribution is -2.45. The molecule has 2 rings (SSSR count). The summed E-state index contributed by atoms with van der Waals surface area (Å²) in [6.45, 7) is 2.00. The van der Waals surface area contributed by atoms with Crippen LogP contribution in [0, 0.1) is 12.8 Å². The van der Waals surface area contributed by atoms with E-state index in [2.05, 4.69) is 5.32 Å². The van der Waals surface area contributed by atoms with Gasteiger partial charge in [-0.3, -0.25) is 9.59 Å². The normalized spacial score (nSPS) is 22.2. The molecule has 0 aliphatic heterocycles. The van der Waals surface area contributed by atoms with Gasteiger partial charge in [-0.05, 0) is 25.3 Å². The molecule has 2 atom stereocenters. The molecule has 2 N–H and O–H groups in total. The fourth-order valence-electron chi connectivity index (χ4n) is 2.75. The van der Waals surface area contributed by atoms with Crippen LogP contribution in [-0.4, -0.2) is 23.0 Å². The van der Waals surface area contributed by atoms with E-state index in [1.807, 2.05) is 31.2 Å². The van der Waals surface area contributed by atoms with Crippen molar-refractivity contribution in [3.8, 4) is 0 Å². The quantitative estimate of drug-likeness (QED) is 0.886. The van der Waals surface area contributed by atoms with E-state index in [4.69, 9.17) is 0 Å². The number of nitrogens with one attached hydrogen (secondary N) is 1. The number of carboxylic acid groups (broad SMARTS) is 1. The average molecular weight is 275 g/mol. The zero-order valence-corrected chi connectivity index (χ0v) is 11.8. The standard InChI is InChI=1S/C16H21NO3/c1-11-6-8-12(9-7-11)10-15(18)17-14-5-3-2-4-13(14)16(19)20/h6-9,13-14H,2-5,10H2,1H3,(H,17,18)(H,19,20). The highest BCUT2D eigenvalue weighted by molar-refractivity contribution is 5.80. The number of aryl methyl sites for hydroxylation is 1. The van der Waals surface area contributed by atoms with Crippen LogP contribution in [0.2, 0.25) is 0 Å². The lowest BCUT2D eigenvalue weighted by molar-refractivity contribution is -0.144. The minimum Gasteiger partial charge on any atom is -0.481 e. The second-order valence-corrected chi connectivity index (χ2v) is 5.57. The van der Waals surface area contributed by atoms with Gasteiger partial charge in [0.25, 0.3) is 0 Å². The molecule has 0 radical (unpaired) electrons. The van der Waals surface area contributed by atoms with Crippen LogP contribution in [0.25, 0.3) is 0 Å². The van der Waals surface area contributed by atoms with Gasteiger partial charge >= 0.3 is 5.97 Å². The van der Waals surface area contributed by atoms with Crippen LogP contribution in [0.5, 0.6) is 0 Å². The number of carbonyl (C=O) groups excluding carboxylic acids is 1. The van der Waals surface area contributed by atoms with E-state index in [1.54, 1.807) is 0 Å². The summed E-state index contributed by atoms with van der Waals surface area (Å²) in [5, 5.41) is 12.1. The zero-order chi connectivity index (χ0) is 14.5. The second kappa shape index (κ2) is 6.55. The predicted molar refractivity (Wildman–Crippen MR) is 76.4 cm³/mol. The molecule has 1 amide bonds. The van der Waals surface area contributed by atoms with Gasteiger partial charge in [-0.2, -0.15) is 0 Å². The van der Waals surface area contributed by atoms with Crippen LogP contribution in [0.3, 0.4) is 0 Å². The summed E-state index contributed by atoms with van der Waals surface area (Å²) in [5.41, 5.74) is 2.11. The van der Waals surface area contributed by atoms with Gasteiger partial charge in [0, 0.05) is 6.04 Å². The first-order valence-corrected chi connectivity index (χ1v) is 7.14. The van der Waals surface area contributed by atoms with Crippen LogP contribution in [0.1, 0.15) is 36.8 Å². The monoisotopic (exact) mass is 275 g/mol. The summed E-state index contributed by atoms with van der Waals surface area (Å²) in [7, 11) is 0. The summed E-state index contributed by atoms with van der Waals surface area (Å²) in [4.78, 5) is 23.2. The number of benzene rings is 1. The van der Waals surface area contributed by atoms with Gasteiger partial charge in [0.2, 0.25) is 5.91 Å². The summed E-state index contributed by atoms with van der Waals surface area (Å²) in [6, 6.07) is 7.60. The predicted octanol–water partition coefficient (Wildman–Crippen LogP) is 2.30. The molecule has 1 aromatic carbocycles. The molecule has 4 nitrogen and oxygen atoms in total. The molecule has 108 valence electrons. The Balaban J connectivity index is 1.92. The molecule has 1 saturated carbocycles. The van der Waals surface area contributed by atoms with Gasteiger partial charge in [-0.25, -0.2) is 0 Å². The number of rotatable bonds is 4. The van der Waals surface area contributed by atoms with Crippen molar-refractivity contribution < 1.29 is 14.7 Å². The molecular formula is C16H21NO3. The van der Waals surface area contributed by atoms with Crippen LogP contribution < -0.4 is 5.32 Å². The molecule has 1 aliphatic carbocycles. The number of carbonyl (C=O) groups is 2. The SMILES string of the molecule is Cc1ccc(CC(=O)NC2CCCCC2C(=O)O)cc1. The van der Waals surface area contributed by atoms with E-state index >= 15 is 0 Å². The minimum atomic E-state index is -0.801. The van der Waals surface area contributed by atoms with Crippen LogP contribution in [-0.2, 0) is 16.0 Å². The largest absolute Gasteiger partial charge is 0.481 e. The second-order valence-electron chi connectivity index (χ2n) is 5.57. The molecule has 0 aromatic heterocycles. The van der Waals surface area contributed by atoms with E-state index in [1.165, 1.54) is 0 Å². The first-order valence-electron chi connectivity index (χ1n) is 7.14. The maximum Gasteiger partial charge on any atom is 0.308 e. The highest BCUT2D eigenvalue weighted by Crippen LogP contribution is 2.24. The van der Waals surface area contributed by atoms with Crippen molar-refractivity contribution in [1.29, 1.82) is 0 Å². The molecule has 1 fully saturated rings. The highest BCUT2D eigenvalue weighted by Gasteiger charge is 2.31. The Labute approximate surface area is 119 Å². The minimum absolute atomic E-state index is 0.0907. The van der Waals surface area contributed by atoms with Crippen LogP contribution in [0.4, 0.5) is 0 Å². The summed E-state index contributed by atoms with van der Waals surface area (Å²) in [5.74, 6) is -1.33. The van der Waals surface area contributed by atoms with Crippen molar-refractivity contribution in [3.63, 3.8) is 0 Å². The van der Waals surface area contributed by atoms with Crippen molar-refractivity contribution in [2.75, 3.05) is 0 Å². The van der Waals surface area contributed by atoms with E-state index in [9.17, 15) is 14.7 Å². The Hall–Kier alpha value is -1.84. The third-order valence-electron chi connectivity index (χ3n) is 3.91. The first kappa shape index (κ1) is 14.6. The van der Waals surface area contributed by atoms with Gasteiger partial charge in [0.15, 0.2) is 0 Å². The highest BCUT2D eigenvalue weighted by atomic mass is 16.4. The van der Waals surface area contributed by atoms with Gasteiger partial charge in [0.05, 0.1) is 12.3 Å². The maximum absolute atomic E-state index is 12.0. The summed E-state index contributed by atoms with van der Waals surface area (Å²) < 4.78 is 0. The molecule has 1 aliphatic rings. The van der Waals surface area contributed by atoms with Crippen LogP contribution >= 0.6 is 0 Å². The zero-order valence-electron chi connectivity index (χ0n) is 11.8. The Morgan fingerprint density at radius 2 is 1.85 bits per heavy atom. The third kappa shape index (κ3) is 3.83. The Kier molecular flexibility index (Phi) is 4.77. The number of hydrogen-bond donors (Lipinski definition) is 2. The fourth-order valence-corrected chi connectivity index (χ4v) is 2.75. The van der Waals surface area contributed by atoms with Gasteiger partial charge in [-0.1, -0.05) is 42.7 Å². The molecule has 4 heteroatoms. The lowest BCUT2D eigenvalue weighted by Gasteiger charge is -2.29. The Bertz CT molecular complexity index is 481. The van der Waals surface area contributed by atoms with Gasteiger partial charge in [0.1, 0.15) is 0 Å². The molecule has 0 saturated heterocycles. The van der Waals surface area contributed by atoms with E-state index in [-0.39, 0.29) is 11.9 Å². The van der Waals surface area contributed by atoms with Crippen molar-refractivity contribution in [2.24, 2.45) is 5.92 Å². The van der Waals surface area contributed by atoms with Crippen LogP contribution in [0.15, 0.2) is 24.3 Å². The van der Waals surface area contributed by atoms with E-state index < -0.39 is 11.9 Å². The molecular weight excluding hydrogens is 254 g/mol. The number of hydrogen-bond acceptors (Lipinski definition) is 2. The number of amides is 1. The molecule has 1 aromatic rings. The van der Waals surface area contributed by atoms with Crippen molar-refractivity contribution in [3.05, 3.63) is 35.4 Å². The summed E-state index contributed by atoms with van der Waals surface area (Å²) >= 11 is 0. The fraction of sp³-hybridized carbons (Fsp3) is 0.500. The molecule has 0 spiro atoms. The number of aliphatic carboxylic acids is 1. The topological polar surface area (TPSA) is 66.4 Å². The summed E-state index contributed by atoms with van der Waals surface area (Å²) in [6.07, 6.45) is 3.64. The van der Waals surface area contributed by atoms with E-state index in [0.29, 0.717) is 12.8 Å². The van der Waals surface area contributed by atoms with Gasteiger partial charge < -0.3 is 10.4 Å². The van der Waals surface area contributed by atoms with Crippen molar-refractivity contribution in [2.45, 2.75) is 45.1 Å². The van der Waals surface area contributed by atoms with Crippen molar-refractivity contribution in [1.82, 2.24) is 5.32 Å². The molecule has 20 heavy (non-hydrogen) atoms. The van der Waals surface area contributed by atoms with Crippen molar-refractivity contribution >= 4 is 11.9 Å². The molecule has 0 heterocycles. The molecule has 0 bridgehead atoms. The maximum atomic E-state index is 12.0. The first-order chi connectivity index (χ1) is 9.56. The lowest BCUT2D eigenvalue weighted by atomic mass is 9.84. The Morgan fingerprint density at radius 3 is 2.50 bits per heavy atom. The van der Waals surface area contributed by atoms with Gasteiger partial charge in [-0.15, -0.1) is 0 Å². The Morgan fingerprint density at radius 1 is 1.20 bits per heavy atom. The smallest absolute Gasteiger partial charge is 0.308 e.